The van der Waals surface area contributed by atoms with E-state index in [2.05, 4.69) is 4.98 Å². The Balaban J connectivity index is 2.33. The van der Waals surface area contributed by atoms with Gasteiger partial charge in [0, 0.05) is 18.0 Å². The molecule has 0 radical (unpaired) electrons. The van der Waals surface area contributed by atoms with E-state index in [1.165, 1.54) is 5.56 Å². The summed E-state index contributed by atoms with van der Waals surface area (Å²) < 4.78 is 0. The van der Waals surface area contributed by atoms with Gasteiger partial charge >= 0.3 is 5.97 Å². The van der Waals surface area contributed by atoms with Crippen molar-refractivity contribution in [1.82, 2.24) is 4.98 Å². The molecule has 0 amide bonds. The molecule has 82 valence electrons. The smallest absolute Gasteiger partial charge is 0.303 e. The van der Waals surface area contributed by atoms with E-state index < -0.39 is 5.97 Å². The highest BCUT2D eigenvalue weighted by Gasteiger charge is 2.02. The number of hydrogen-bond acceptors (Lipinski definition) is 2. The molecule has 2 rings (SSSR count). The van der Waals surface area contributed by atoms with E-state index in [0.717, 1.165) is 16.5 Å². The average Bonchev–Trinajstić information content (AvgIpc) is 2.26. The summed E-state index contributed by atoms with van der Waals surface area (Å²) in [4.78, 5) is 14.8. The molecule has 16 heavy (non-hydrogen) atoms. The highest BCUT2D eigenvalue weighted by atomic mass is 16.4. The minimum absolute atomic E-state index is 0.164. The van der Waals surface area contributed by atoms with Crippen LogP contribution in [0.4, 0.5) is 0 Å². The van der Waals surface area contributed by atoms with E-state index in [1.54, 1.807) is 6.20 Å². The van der Waals surface area contributed by atoms with Gasteiger partial charge in [0.05, 0.1) is 5.52 Å². The second-order valence-electron chi connectivity index (χ2n) is 3.87. The van der Waals surface area contributed by atoms with Crippen molar-refractivity contribution in [2.75, 3.05) is 0 Å². The zero-order chi connectivity index (χ0) is 11.5. The van der Waals surface area contributed by atoms with Crippen LogP contribution in [-0.2, 0) is 11.2 Å². The molecular formula is C13H13NO2. The van der Waals surface area contributed by atoms with Gasteiger partial charge in [-0.25, -0.2) is 0 Å². The molecule has 2 aromatic rings. The molecule has 0 bridgehead atoms. The van der Waals surface area contributed by atoms with Gasteiger partial charge in [0.2, 0.25) is 0 Å². The fourth-order valence-corrected chi connectivity index (χ4v) is 1.74. The number of carboxylic acids is 1. The Labute approximate surface area is 93.7 Å². The summed E-state index contributed by atoms with van der Waals surface area (Å²) in [5.74, 6) is -0.766. The van der Waals surface area contributed by atoms with Gasteiger partial charge in [0.1, 0.15) is 0 Å². The highest BCUT2D eigenvalue weighted by Crippen LogP contribution is 2.18. The zero-order valence-electron chi connectivity index (χ0n) is 9.10. The SMILES string of the molecule is Cc1ccnc2cc(CCC(=O)O)ccc12. The summed E-state index contributed by atoms with van der Waals surface area (Å²) in [5, 5.41) is 9.74. The van der Waals surface area contributed by atoms with E-state index >= 15 is 0 Å². The second kappa shape index (κ2) is 4.31. The standard InChI is InChI=1S/C13H13NO2/c1-9-6-7-14-12-8-10(2-4-11(9)12)3-5-13(15)16/h2,4,6-8H,3,5H2,1H3,(H,15,16). The first-order valence-corrected chi connectivity index (χ1v) is 5.23. The third-order valence-electron chi connectivity index (χ3n) is 2.65. The van der Waals surface area contributed by atoms with Crippen LogP contribution < -0.4 is 0 Å². The van der Waals surface area contributed by atoms with Crippen molar-refractivity contribution < 1.29 is 9.90 Å². The fourth-order valence-electron chi connectivity index (χ4n) is 1.74. The normalized spacial score (nSPS) is 10.6. The van der Waals surface area contributed by atoms with Crippen LogP contribution in [0.2, 0.25) is 0 Å². The molecule has 1 heterocycles. The highest BCUT2D eigenvalue weighted by molar-refractivity contribution is 5.82. The lowest BCUT2D eigenvalue weighted by Gasteiger charge is -2.03. The second-order valence-corrected chi connectivity index (χ2v) is 3.87. The van der Waals surface area contributed by atoms with Crippen molar-refractivity contribution in [2.24, 2.45) is 0 Å². The maximum absolute atomic E-state index is 10.5. The summed E-state index contributed by atoms with van der Waals surface area (Å²) in [6.07, 6.45) is 2.50. The Morgan fingerprint density at radius 3 is 2.94 bits per heavy atom. The predicted octanol–water partition coefficient (Wildman–Crippen LogP) is 2.56. The summed E-state index contributed by atoms with van der Waals surface area (Å²) in [6, 6.07) is 7.92. The molecular weight excluding hydrogens is 202 g/mol. The van der Waals surface area contributed by atoms with Gasteiger partial charge < -0.3 is 5.11 Å². The summed E-state index contributed by atoms with van der Waals surface area (Å²) in [6.45, 7) is 2.04. The van der Waals surface area contributed by atoms with E-state index in [4.69, 9.17) is 5.11 Å². The number of carboxylic acid groups (broad SMARTS) is 1. The van der Waals surface area contributed by atoms with Crippen LogP contribution in [0.3, 0.4) is 0 Å². The van der Waals surface area contributed by atoms with Crippen molar-refractivity contribution in [3.63, 3.8) is 0 Å². The Kier molecular flexibility index (Phi) is 2.86. The van der Waals surface area contributed by atoms with Gasteiger partial charge in [-0.1, -0.05) is 12.1 Å². The van der Waals surface area contributed by atoms with Gasteiger partial charge in [-0.15, -0.1) is 0 Å². The number of carbonyl (C=O) groups is 1. The molecule has 0 aliphatic heterocycles. The maximum Gasteiger partial charge on any atom is 0.303 e. The quantitative estimate of drug-likeness (QED) is 0.856. The van der Waals surface area contributed by atoms with Crippen LogP contribution in [0.25, 0.3) is 10.9 Å². The molecule has 3 nitrogen and oxygen atoms in total. The number of nitrogens with zero attached hydrogens (tertiary/aromatic N) is 1. The molecule has 3 heteroatoms. The molecule has 1 aromatic heterocycles. The lowest BCUT2D eigenvalue weighted by Crippen LogP contribution is -1.97. The molecule has 0 spiro atoms. The third-order valence-corrected chi connectivity index (χ3v) is 2.65. The Bertz CT molecular complexity index is 534. The monoisotopic (exact) mass is 215 g/mol. The number of fused-ring (bicyclic) bond motifs is 1. The van der Waals surface area contributed by atoms with E-state index in [9.17, 15) is 4.79 Å². The Morgan fingerprint density at radius 1 is 1.38 bits per heavy atom. The first-order chi connectivity index (χ1) is 7.66. The van der Waals surface area contributed by atoms with E-state index in [1.807, 2.05) is 31.2 Å². The number of benzene rings is 1. The number of aryl methyl sites for hydroxylation is 2. The fraction of sp³-hybridized carbons (Fsp3) is 0.231. The summed E-state index contributed by atoms with van der Waals surface area (Å²) in [5.41, 5.74) is 3.14. The van der Waals surface area contributed by atoms with E-state index in [0.29, 0.717) is 6.42 Å². The lowest BCUT2D eigenvalue weighted by molar-refractivity contribution is -0.136. The number of aromatic nitrogens is 1. The number of aliphatic carboxylic acids is 1. The van der Waals surface area contributed by atoms with Crippen LogP contribution in [0.1, 0.15) is 17.5 Å². The number of hydrogen-bond donors (Lipinski definition) is 1. The zero-order valence-corrected chi connectivity index (χ0v) is 9.10. The Hall–Kier alpha value is -1.90. The minimum Gasteiger partial charge on any atom is -0.481 e. The number of rotatable bonds is 3. The molecule has 0 unspecified atom stereocenters. The molecule has 0 aliphatic rings. The van der Waals surface area contributed by atoms with Crippen LogP contribution >= 0.6 is 0 Å². The first kappa shape index (κ1) is 10.6. The first-order valence-electron chi connectivity index (χ1n) is 5.23. The van der Waals surface area contributed by atoms with Crippen LogP contribution in [0, 0.1) is 6.92 Å². The molecule has 0 saturated heterocycles. The van der Waals surface area contributed by atoms with Crippen molar-refractivity contribution in [1.29, 1.82) is 0 Å². The van der Waals surface area contributed by atoms with Crippen molar-refractivity contribution >= 4 is 16.9 Å². The van der Waals surface area contributed by atoms with Crippen LogP contribution in [0.15, 0.2) is 30.5 Å². The van der Waals surface area contributed by atoms with Crippen LogP contribution in [-0.4, -0.2) is 16.1 Å². The molecule has 0 saturated carbocycles. The largest absolute Gasteiger partial charge is 0.481 e. The maximum atomic E-state index is 10.5. The summed E-state index contributed by atoms with van der Waals surface area (Å²) in [7, 11) is 0. The van der Waals surface area contributed by atoms with E-state index in [-0.39, 0.29) is 6.42 Å². The lowest BCUT2D eigenvalue weighted by atomic mass is 10.0. The molecule has 1 N–H and O–H groups in total. The Morgan fingerprint density at radius 2 is 2.19 bits per heavy atom. The van der Waals surface area contributed by atoms with Crippen molar-refractivity contribution in [3.8, 4) is 0 Å². The van der Waals surface area contributed by atoms with Crippen molar-refractivity contribution in [3.05, 3.63) is 41.6 Å². The van der Waals surface area contributed by atoms with Crippen molar-refractivity contribution in [2.45, 2.75) is 19.8 Å². The third kappa shape index (κ3) is 2.19. The number of pyridine rings is 1. The summed E-state index contributed by atoms with van der Waals surface area (Å²) >= 11 is 0. The average molecular weight is 215 g/mol. The molecule has 0 fully saturated rings. The van der Waals surface area contributed by atoms with Crippen LogP contribution in [0.5, 0.6) is 0 Å². The molecule has 0 aliphatic carbocycles. The van der Waals surface area contributed by atoms with Gasteiger partial charge in [-0.2, -0.15) is 0 Å². The van der Waals surface area contributed by atoms with Gasteiger partial charge in [0.25, 0.3) is 0 Å². The molecule has 0 atom stereocenters. The van der Waals surface area contributed by atoms with Gasteiger partial charge in [-0.3, -0.25) is 9.78 Å². The topological polar surface area (TPSA) is 50.2 Å². The van der Waals surface area contributed by atoms with Gasteiger partial charge in [0.15, 0.2) is 0 Å². The minimum atomic E-state index is -0.766. The predicted molar refractivity (Wildman–Crippen MR) is 62.4 cm³/mol. The molecule has 1 aromatic carbocycles. The van der Waals surface area contributed by atoms with Gasteiger partial charge in [-0.05, 0) is 36.6 Å².